The van der Waals surface area contributed by atoms with Gasteiger partial charge in [-0.1, -0.05) is 29.9 Å². The van der Waals surface area contributed by atoms with Crippen molar-refractivity contribution in [3.63, 3.8) is 0 Å². The third kappa shape index (κ3) is 2.50. The molecule has 0 spiro atoms. The van der Waals surface area contributed by atoms with Gasteiger partial charge in [-0.25, -0.2) is 0 Å². The highest BCUT2D eigenvalue weighted by Gasteiger charge is 2.02. The Morgan fingerprint density at radius 3 is 2.94 bits per heavy atom. The molecule has 3 heteroatoms. The number of benzene rings is 1. The van der Waals surface area contributed by atoms with Gasteiger partial charge in [-0.2, -0.15) is 0 Å². The zero-order valence-corrected chi connectivity index (χ0v) is 9.50. The van der Waals surface area contributed by atoms with Crippen LogP contribution in [0, 0.1) is 0 Å². The van der Waals surface area contributed by atoms with Gasteiger partial charge in [-0.3, -0.25) is 4.98 Å². The Morgan fingerprint density at radius 2 is 2.18 bits per heavy atom. The van der Waals surface area contributed by atoms with Gasteiger partial charge in [0.15, 0.2) is 0 Å². The molecule has 0 saturated carbocycles. The highest BCUT2D eigenvalue weighted by molar-refractivity contribution is 5.94. The third-order valence-electron chi connectivity index (χ3n) is 2.75. The molecule has 86 valence electrons. The maximum absolute atomic E-state index is 8.72. The average Bonchev–Trinajstić information content (AvgIpc) is 2.40. The van der Waals surface area contributed by atoms with Crippen LogP contribution in [0.25, 0.3) is 10.9 Å². The number of oxime groups is 1. The molecule has 0 fully saturated rings. The highest BCUT2D eigenvalue weighted by Crippen LogP contribution is 2.17. The first-order valence-electron chi connectivity index (χ1n) is 5.51. The highest BCUT2D eigenvalue weighted by atomic mass is 16.4. The predicted octanol–water partition coefficient (Wildman–Crippen LogP) is 3.18. The van der Waals surface area contributed by atoms with E-state index in [9.17, 15) is 0 Å². The van der Waals surface area contributed by atoms with Gasteiger partial charge in [0.1, 0.15) is 0 Å². The molecule has 0 atom stereocenters. The zero-order valence-electron chi connectivity index (χ0n) is 9.50. The Balaban J connectivity index is 2.27. The van der Waals surface area contributed by atoms with Crippen LogP contribution in [-0.2, 0) is 6.42 Å². The number of hydrogen-bond donors (Lipinski definition) is 1. The van der Waals surface area contributed by atoms with Crippen LogP contribution in [0.1, 0.15) is 12.0 Å². The van der Waals surface area contributed by atoms with E-state index in [1.807, 2.05) is 24.3 Å². The molecule has 0 radical (unpaired) electrons. The first kappa shape index (κ1) is 11.3. The SMILES string of the molecule is C=CC(CCc1ccnc2ccccc12)=NO. The molecule has 3 nitrogen and oxygen atoms in total. The zero-order chi connectivity index (χ0) is 12.1. The number of fused-ring (bicyclic) bond motifs is 1. The maximum Gasteiger partial charge on any atom is 0.0793 e. The first-order chi connectivity index (χ1) is 8.35. The summed E-state index contributed by atoms with van der Waals surface area (Å²) >= 11 is 0. The number of aryl methyl sites for hydroxylation is 1. The van der Waals surface area contributed by atoms with Crippen LogP contribution in [0.15, 0.2) is 54.3 Å². The summed E-state index contributed by atoms with van der Waals surface area (Å²) in [5.41, 5.74) is 2.80. The van der Waals surface area contributed by atoms with Gasteiger partial charge in [0.05, 0.1) is 11.2 Å². The van der Waals surface area contributed by atoms with E-state index >= 15 is 0 Å². The van der Waals surface area contributed by atoms with Crippen molar-refractivity contribution in [1.82, 2.24) is 4.98 Å². The predicted molar refractivity (Wildman–Crippen MR) is 69.5 cm³/mol. The molecule has 0 saturated heterocycles. The Hall–Kier alpha value is -2.16. The molecule has 17 heavy (non-hydrogen) atoms. The van der Waals surface area contributed by atoms with E-state index in [1.165, 1.54) is 5.56 Å². The first-order valence-corrected chi connectivity index (χ1v) is 5.51. The van der Waals surface area contributed by atoms with E-state index in [0.29, 0.717) is 12.1 Å². The fraction of sp³-hybridized carbons (Fsp3) is 0.143. The summed E-state index contributed by atoms with van der Waals surface area (Å²) in [5.74, 6) is 0. The van der Waals surface area contributed by atoms with Crippen LogP contribution in [0.5, 0.6) is 0 Å². The van der Waals surface area contributed by atoms with Gasteiger partial charge in [0.2, 0.25) is 0 Å². The van der Waals surface area contributed by atoms with Crippen LogP contribution in [0.3, 0.4) is 0 Å². The van der Waals surface area contributed by atoms with E-state index in [0.717, 1.165) is 17.3 Å². The summed E-state index contributed by atoms with van der Waals surface area (Å²) in [6, 6.07) is 10.0. The lowest BCUT2D eigenvalue weighted by Gasteiger charge is -2.05. The molecule has 2 aromatic rings. The molecular weight excluding hydrogens is 212 g/mol. The van der Waals surface area contributed by atoms with Gasteiger partial charge in [0, 0.05) is 11.6 Å². The molecule has 1 aromatic carbocycles. The normalized spacial score (nSPS) is 11.6. The fourth-order valence-electron chi connectivity index (χ4n) is 1.83. The lowest BCUT2D eigenvalue weighted by Crippen LogP contribution is -1.97. The van der Waals surface area contributed by atoms with Gasteiger partial charge in [0.25, 0.3) is 0 Å². The van der Waals surface area contributed by atoms with Crippen LogP contribution in [0.4, 0.5) is 0 Å². The molecular formula is C14H14N2O. The maximum atomic E-state index is 8.72. The largest absolute Gasteiger partial charge is 0.411 e. The molecule has 0 aliphatic rings. The minimum absolute atomic E-state index is 0.603. The summed E-state index contributed by atoms with van der Waals surface area (Å²) < 4.78 is 0. The van der Waals surface area contributed by atoms with Crippen molar-refractivity contribution in [2.45, 2.75) is 12.8 Å². The minimum atomic E-state index is 0.603. The third-order valence-corrected chi connectivity index (χ3v) is 2.75. The van der Waals surface area contributed by atoms with E-state index < -0.39 is 0 Å². The molecule has 0 bridgehead atoms. The summed E-state index contributed by atoms with van der Waals surface area (Å²) in [5, 5.41) is 13.1. The van der Waals surface area contributed by atoms with Gasteiger partial charge >= 0.3 is 0 Å². The van der Waals surface area contributed by atoms with Gasteiger partial charge in [-0.15, -0.1) is 0 Å². The van der Waals surface area contributed by atoms with Crippen molar-refractivity contribution in [2.24, 2.45) is 5.16 Å². The lowest BCUT2D eigenvalue weighted by molar-refractivity contribution is 0.318. The van der Waals surface area contributed by atoms with Crippen molar-refractivity contribution in [1.29, 1.82) is 0 Å². The molecule has 1 aromatic heterocycles. The minimum Gasteiger partial charge on any atom is -0.411 e. The summed E-state index contributed by atoms with van der Waals surface area (Å²) in [4.78, 5) is 4.31. The van der Waals surface area contributed by atoms with Crippen molar-refractivity contribution < 1.29 is 5.21 Å². The number of allylic oxidation sites excluding steroid dienone is 1. The molecule has 1 N–H and O–H groups in total. The number of aromatic nitrogens is 1. The summed E-state index contributed by atoms with van der Waals surface area (Å²) in [6.07, 6.45) is 4.87. The van der Waals surface area contributed by atoms with Crippen LogP contribution in [-0.4, -0.2) is 15.9 Å². The molecule has 0 amide bonds. The molecule has 2 rings (SSSR count). The van der Waals surface area contributed by atoms with Crippen LogP contribution >= 0.6 is 0 Å². The molecule has 1 heterocycles. The molecule has 0 aliphatic carbocycles. The van der Waals surface area contributed by atoms with E-state index in [-0.39, 0.29) is 0 Å². The van der Waals surface area contributed by atoms with Gasteiger partial charge in [-0.05, 0) is 36.6 Å². The average molecular weight is 226 g/mol. The second-order valence-corrected chi connectivity index (χ2v) is 3.78. The van der Waals surface area contributed by atoms with E-state index in [1.54, 1.807) is 12.3 Å². The van der Waals surface area contributed by atoms with Gasteiger partial charge < -0.3 is 5.21 Å². The number of nitrogens with zero attached hydrogens (tertiary/aromatic N) is 2. The quantitative estimate of drug-likeness (QED) is 0.494. The Bertz CT molecular complexity index is 556. The van der Waals surface area contributed by atoms with Crippen molar-refractivity contribution in [3.8, 4) is 0 Å². The Labute approximate surface area is 100 Å². The molecule has 0 unspecified atom stereocenters. The summed E-state index contributed by atoms with van der Waals surface area (Å²) in [7, 11) is 0. The van der Waals surface area contributed by atoms with E-state index in [2.05, 4.69) is 22.8 Å². The van der Waals surface area contributed by atoms with Crippen molar-refractivity contribution >= 4 is 16.6 Å². The number of rotatable bonds is 4. The van der Waals surface area contributed by atoms with Crippen molar-refractivity contribution in [3.05, 3.63) is 54.7 Å². The van der Waals surface area contributed by atoms with Crippen LogP contribution < -0.4 is 0 Å². The van der Waals surface area contributed by atoms with E-state index in [4.69, 9.17) is 5.21 Å². The summed E-state index contributed by atoms with van der Waals surface area (Å²) in [6.45, 7) is 3.60. The Kier molecular flexibility index (Phi) is 3.50. The second-order valence-electron chi connectivity index (χ2n) is 3.78. The monoisotopic (exact) mass is 226 g/mol. The number of hydrogen-bond acceptors (Lipinski definition) is 3. The lowest BCUT2D eigenvalue weighted by atomic mass is 10.0. The second kappa shape index (κ2) is 5.25. The van der Waals surface area contributed by atoms with Crippen molar-refractivity contribution in [2.75, 3.05) is 0 Å². The smallest absolute Gasteiger partial charge is 0.0793 e. The number of pyridine rings is 1. The standard InChI is InChI=1S/C14H14N2O/c1-2-12(16-17)8-7-11-9-10-15-14-6-4-3-5-13(11)14/h2-6,9-10,17H,1,7-8H2. The fourth-order valence-corrected chi connectivity index (χ4v) is 1.83. The Morgan fingerprint density at radius 1 is 1.35 bits per heavy atom. The molecule has 0 aliphatic heterocycles. The number of para-hydroxylation sites is 1. The van der Waals surface area contributed by atoms with Crippen LogP contribution in [0.2, 0.25) is 0 Å². The topological polar surface area (TPSA) is 45.5 Å².